The van der Waals surface area contributed by atoms with E-state index in [9.17, 15) is 0 Å². The Hall–Kier alpha value is -1.51. The molecule has 0 spiro atoms. The lowest BCUT2D eigenvalue weighted by molar-refractivity contribution is 0.442. The summed E-state index contributed by atoms with van der Waals surface area (Å²) in [5.74, 6) is 1.66. The van der Waals surface area contributed by atoms with Crippen molar-refractivity contribution in [3.05, 3.63) is 29.8 Å². The molecule has 2 heterocycles. The first-order chi connectivity index (χ1) is 6.59. The van der Waals surface area contributed by atoms with Gasteiger partial charge in [-0.05, 0) is 30.5 Å². The summed E-state index contributed by atoms with van der Waals surface area (Å²) in [6.45, 7) is 10.1. The smallest absolute Gasteiger partial charge is 0.245 e. The largest absolute Gasteiger partial charge is 0.421 e. The van der Waals surface area contributed by atoms with Gasteiger partial charge in [-0.2, -0.15) is 0 Å². The van der Waals surface area contributed by atoms with Crippen LogP contribution in [0.2, 0.25) is 0 Å². The Labute approximate surface area is 83.8 Å². The highest BCUT2D eigenvalue weighted by molar-refractivity contribution is 5.66. The van der Waals surface area contributed by atoms with E-state index in [2.05, 4.69) is 37.7 Å². The van der Waals surface area contributed by atoms with E-state index in [0.29, 0.717) is 17.7 Å². The van der Waals surface area contributed by atoms with Gasteiger partial charge in [-0.25, -0.2) is 4.98 Å². The van der Waals surface area contributed by atoms with Gasteiger partial charge in [-0.1, -0.05) is 13.8 Å². The van der Waals surface area contributed by atoms with Crippen LogP contribution in [-0.2, 0) is 0 Å². The number of hydrogen-bond donors (Lipinski definition) is 1. The van der Waals surface area contributed by atoms with Crippen LogP contribution in [0.3, 0.4) is 0 Å². The van der Waals surface area contributed by atoms with Crippen LogP contribution in [0.5, 0.6) is 5.88 Å². The number of nitrogens with one attached hydrogen (secondary N) is 1. The van der Waals surface area contributed by atoms with E-state index in [1.54, 1.807) is 0 Å². The van der Waals surface area contributed by atoms with Crippen molar-refractivity contribution >= 4 is 5.69 Å². The molecule has 1 aliphatic heterocycles. The summed E-state index contributed by atoms with van der Waals surface area (Å²) in [6.07, 6.45) is 1.87. The third kappa shape index (κ3) is 1.25. The molecule has 1 aromatic rings. The zero-order chi connectivity index (χ0) is 10.3. The summed E-state index contributed by atoms with van der Waals surface area (Å²) >= 11 is 0. The third-order valence-corrected chi connectivity index (χ3v) is 2.45. The van der Waals surface area contributed by atoms with Crippen LogP contribution in [-0.4, -0.2) is 4.98 Å². The maximum absolute atomic E-state index is 5.31. The molecule has 2 rings (SSSR count). The summed E-state index contributed by atoms with van der Waals surface area (Å²) in [7, 11) is 0. The molecule has 3 heteroatoms. The minimum atomic E-state index is 0.475. The van der Waals surface area contributed by atoms with Gasteiger partial charge in [0.1, 0.15) is 5.69 Å². The number of ether oxygens (including phenoxy) is 1. The van der Waals surface area contributed by atoms with Crippen LogP contribution >= 0.6 is 0 Å². The SMILES string of the molecule is C=C1Nc2c(ncc(C(C)C)c2C)O1. The summed E-state index contributed by atoms with van der Waals surface area (Å²) < 4.78 is 5.31. The Morgan fingerprint density at radius 2 is 2.21 bits per heavy atom. The average molecular weight is 190 g/mol. The molecule has 0 atom stereocenters. The Morgan fingerprint density at radius 3 is 2.86 bits per heavy atom. The molecule has 14 heavy (non-hydrogen) atoms. The highest BCUT2D eigenvalue weighted by Crippen LogP contribution is 2.36. The first-order valence-corrected chi connectivity index (χ1v) is 4.73. The molecule has 0 fully saturated rings. The number of pyridine rings is 1. The fourth-order valence-corrected chi connectivity index (χ4v) is 1.68. The maximum atomic E-state index is 5.31. The second-order valence-electron chi connectivity index (χ2n) is 3.82. The van der Waals surface area contributed by atoms with Gasteiger partial charge in [-0.3, -0.25) is 0 Å². The predicted molar refractivity (Wildman–Crippen MR) is 56.5 cm³/mol. The topological polar surface area (TPSA) is 34.2 Å². The van der Waals surface area contributed by atoms with E-state index < -0.39 is 0 Å². The Balaban J connectivity index is 2.53. The van der Waals surface area contributed by atoms with Crippen molar-refractivity contribution in [3.8, 4) is 5.88 Å². The van der Waals surface area contributed by atoms with Gasteiger partial charge in [-0.15, -0.1) is 0 Å². The van der Waals surface area contributed by atoms with Crippen molar-refractivity contribution in [2.45, 2.75) is 26.7 Å². The molecule has 3 nitrogen and oxygen atoms in total. The summed E-state index contributed by atoms with van der Waals surface area (Å²) in [5.41, 5.74) is 3.40. The second kappa shape index (κ2) is 3.01. The van der Waals surface area contributed by atoms with Gasteiger partial charge in [0.15, 0.2) is 5.88 Å². The fourth-order valence-electron chi connectivity index (χ4n) is 1.68. The van der Waals surface area contributed by atoms with Crippen LogP contribution in [0, 0.1) is 6.92 Å². The lowest BCUT2D eigenvalue weighted by Crippen LogP contribution is -1.97. The number of hydrogen-bond acceptors (Lipinski definition) is 3. The molecule has 0 aliphatic carbocycles. The van der Waals surface area contributed by atoms with E-state index in [-0.39, 0.29) is 0 Å². The Bertz CT molecular complexity index is 397. The van der Waals surface area contributed by atoms with Gasteiger partial charge in [0.2, 0.25) is 5.88 Å². The molecule has 0 saturated heterocycles. The molecule has 0 radical (unpaired) electrons. The van der Waals surface area contributed by atoms with Crippen LogP contribution in [0.1, 0.15) is 30.9 Å². The molecule has 1 aliphatic rings. The van der Waals surface area contributed by atoms with Gasteiger partial charge >= 0.3 is 0 Å². The van der Waals surface area contributed by atoms with Crippen molar-refractivity contribution in [3.63, 3.8) is 0 Å². The van der Waals surface area contributed by atoms with Crippen molar-refractivity contribution in [2.24, 2.45) is 0 Å². The first kappa shape index (κ1) is 9.06. The van der Waals surface area contributed by atoms with Gasteiger partial charge in [0.05, 0.1) is 0 Å². The third-order valence-electron chi connectivity index (χ3n) is 2.45. The fraction of sp³-hybridized carbons (Fsp3) is 0.364. The quantitative estimate of drug-likeness (QED) is 0.739. The highest BCUT2D eigenvalue weighted by Gasteiger charge is 2.21. The molecular weight excluding hydrogens is 176 g/mol. The molecule has 1 N–H and O–H groups in total. The van der Waals surface area contributed by atoms with Gasteiger partial charge < -0.3 is 10.1 Å². The standard InChI is InChI=1S/C11H14N2O/c1-6(2)9-5-12-11-10(7(9)3)13-8(4)14-11/h5-6,13H,4H2,1-3H3. The number of nitrogens with zero attached hydrogens (tertiary/aromatic N) is 1. The number of fused-ring (bicyclic) bond motifs is 1. The van der Waals surface area contributed by atoms with E-state index in [4.69, 9.17) is 4.74 Å². The summed E-state index contributed by atoms with van der Waals surface area (Å²) in [4.78, 5) is 4.25. The van der Waals surface area contributed by atoms with Crippen LogP contribution < -0.4 is 10.1 Å². The summed E-state index contributed by atoms with van der Waals surface area (Å²) in [6, 6.07) is 0. The van der Waals surface area contributed by atoms with E-state index in [0.717, 1.165) is 5.69 Å². The first-order valence-electron chi connectivity index (χ1n) is 4.73. The molecular formula is C11H14N2O. The van der Waals surface area contributed by atoms with Crippen molar-refractivity contribution in [2.75, 3.05) is 5.32 Å². The minimum absolute atomic E-state index is 0.475. The molecule has 0 amide bonds. The van der Waals surface area contributed by atoms with Crippen molar-refractivity contribution < 1.29 is 4.74 Å². The molecule has 0 unspecified atom stereocenters. The van der Waals surface area contributed by atoms with Crippen LogP contribution in [0.25, 0.3) is 0 Å². The molecule has 0 bridgehead atoms. The molecule has 1 aromatic heterocycles. The molecule has 0 saturated carbocycles. The number of anilines is 1. The zero-order valence-electron chi connectivity index (χ0n) is 8.72. The predicted octanol–water partition coefficient (Wildman–Crippen LogP) is 2.79. The highest BCUT2D eigenvalue weighted by atomic mass is 16.5. The zero-order valence-corrected chi connectivity index (χ0v) is 8.72. The normalized spacial score (nSPS) is 13.9. The van der Waals surface area contributed by atoms with Crippen molar-refractivity contribution in [1.29, 1.82) is 0 Å². The maximum Gasteiger partial charge on any atom is 0.245 e. The monoisotopic (exact) mass is 190 g/mol. The average Bonchev–Trinajstić information content (AvgIpc) is 2.46. The number of aromatic nitrogens is 1. The van der Waals surface area contributed by atoms with Crippen molar-refractivity contribution in [1.82, 2.24) is 4.98 Å². The van der Waals surface area contributed by atoms with E-state index in [1.807, 2.05) is 6.20 Å². The van der Waals surface area contributed by atoms with Crippen LogP contribution in [0.4, 0.5) is 5.69 Å². The van der Waals surface area contributed by atoms with Gasteiger partial charge in [0, 0.05) is 6.20 Å². The summed E-state index contributed by atoms with van der Waals surface area (Å²) in [5, 5.41) is 3.08. The Morgan fingerprint density at radius 1 is 1.50 bits per heavy atom. The lowest BCUT2D eigenvalue weighted by Gasteiger charge is -2.10. The van der Waals surface area contributed by atoms with E-state index in [1.165, 1.54) is 11.1 Å². The van der Waals surface area contributed by atoms with Gasteiger partial charge in [0.25, 0.3) is 0 Å². The minimum Gasteiger partial charge on any atom is -0.421 e. The number of rotatable bonds is 1. The second-order valence-corrected chi connectivity index (χ2v) is 3.82. The molecule has 74 valence electrons. The molecule has 0 aromatic carbocycles. The van der Waals surface area contributed by atoms with Crippen LogP contribution in [0.15, 0.2) is 18.7 Å². The lowest BCUT2D eigenvalue weighted by atomic mass is 9.99. The van der Waals surface area contributed by atoms with E-state index >= 15 is 0 Å². The Kier molecular flexibility index (Phi) is 1.95.